The summed E-state index contributed by atoms with van der Waals surface area (Å²) >= 11 is 0. The number of hydrogen-bond acceptors (Lipinski definition) is 9. The van der Waals surface area contributed by atoms with Crippen LogP contribution in [0.4, 0.5) is 11.8 Å². The number of pyridine rings is 1. The molecule has 10 nitrogen and oxygen atoms in total. The Morgan fingerprint density at radius 2 is 2.00 bits per heavy atom. The summed E-state index contributed by atoms with van der Waals surface area (Å²) in [5.74, 6) is 1.42. The predicted octanol–water partition coefficient (Wildman–Crippen LogP) is 2.70. The van der Waals surface area contributed by atoms with Crippen LogP contribution < -0.4 is 11.1 Å². The lowest BCUT2D eigenvalue weighted by Crippen LogP contribution is -2.51. The minimum Gasteiger partial charge on any atom is -0.396 e. The van der Waals surface area contributed by atoms with Crippen LogP contribution in [0.3, 0.4) is 0 Å². The van der Waals surface area contributed by atoms with Gasteiger partial charge < -0.3 is 20.9 Å². The van der Waals surface area contributed by atoms with Crippen LogP contribution in [0.2, 0.25) is 0 Å². The number of aliphatic hydroxyl groups is 1. The van der Waals surface area contributed by atoms with E-state index in [9.17, 15) is 5.11 Å². The third-order valence-corrected chi connectivity index (χ3v) is 7.61. The van der Waals surface area contributed by atoms with Crippen molar-refractivity contribution in [1.29, 1.82) is 0 Å². The Bertz CT molecular complexity index is 1160. The predicted molar refractivity (Wildman–Crippen MR) is 140 cm³/mol. The number of nitrogens with zero attached hydrogens (tertiary/aromatic N) is 6. The Morgan fingerprint density at radius 1 is 1.19 bits per heavy atom. The third kappa shape index (κ3) is 5.30. The van der Waals surface area contributed by atoms with Gasteiger partial charge in [-0.05, 0) is 62.7 Å². The van der Waals surface area contributed by atoms with Gasteiger partial charge in [-0.2, -0.15) is 10.1 Å². The highest BCUT2D eigenvalue weighted by molar-refractivity contribution is 5.86. The van der Waals surface area contributed by atoms with Crippen molar-refractivity contribution in [1.82, 2.24) is 29.6 Å². The van der Waals surface area contributed by atoms with E-state index in [1.54, 1.807) is 6.20 Å². The summed E-state index contributed by atoms with van der Waals surface area (Å²) in [7, 11) is 0. The van der Waals surface area contributed by atoms with Crippen molar-refractivity contribution in [2.75, 3.05) is 44.0 Å². The van der Waals surface area contributed by atoms with Crippen molar-refractivity contribution in [2.45, 2.75) is 70.5 Å². The minimum atomic E-state index is 0.100. The normalized spacial score (nSPS) is 18.4. The number of aryl methyl sites for hydroxylation is 1. The molecule has 0 radical (unpaired) electrons. The van der Waals surface area contributed by atoms with Crippen molar-refractivity contribution in [3.05, 3.63) is 35.3 Å². The first-order valence-corrected chi connectivity index (χ1v) is 13.2. The van der Waals surface area contributed by atoms with Gasteiger partial charge in [-0.3, -0.25) is 14.6 Å². The van der Waals surface area contributed by atoms with E-state index in [1.165, 1.54) is 24.0 Å². The molecule has 10 heteroatoms. The average molecular weight is 495 g/mol. The largest absolute Gasteiger partial charge is 0.396 e. The second kappa shape index (κ2) is 11.1. The van der Waals surface area contributed by atoms with Gasteiger partial charge in [0.05, 0.1) is 37.7 Å². The van der Waals surface area contributed by atoms with Crippen molar-refractivity contribution < 1.29 is 9.84 Å². The van der Waals surface area contributed by atoms with E-state index >= 15 is 0 Å². The van der Waals surface area contributed by atoms with Crippen molar-refractivity contribution in [2.24, 2.45) is 0 Å². The molecule has 2 aliphatic rings. The van der Waals surface area contributed by atoms with E-state index in [-0.39, 0.29) is 18.6 Å². The molecule has 2 aliphatic heterocycles. The zero-order valence-electron chi connectivity index (χ0n) is 21.4. The molecule has 0 amide bonds. The molecule has 0 saturated carbocycles. The van der Waals surface area contributed by atoms with Crippen LogP contribution in [-0.4, -0.2) is 79.7 Å². The Balaban J connectivity index is 1.33. The number of ether oxygens (including phenoxy) is 1. The number of rotatable bonds is 10. The third-order valence-electron chi connectivity index (χ3n) is 7.61. The van der Waals surface area contributed by atoms with E-state index in [1.807, 2.05) is 10.9 Å². The molecule has 194 valence electrons. The fraction of sp³-hybridized carbons (Fsp3) is 0.615. The van der Waals surface area contributed by atoms with Crippen LogP contribution in [0.5, 0.6) is 0 Å². The number of aromatic nitrogens is 5. The Morgan fingerprint density at radius 3 is 2.67 bits per heavy atom. The summed E-state index contributed by atoms with van der Waals surface area (Å²) in [6.45, 7) is 8.94. The SMILES string of the molecule is CCCC(CCO)Nc1nc(N)nc2cnn(Cc3ncc(C4CCN(C5COC5)CC4)cc3C)c12. The summed E-state index contributed by atoms with van der Waals surface area (Å²) in [4.78, 5) is 16.3. The van der Waals surface area contributed by atoms with Crippen molar-refractivity contribution in [3.63, 3.8) is 0 Å². The number of anilines is 2. The van der Waals surface area contributed by atoms with Gasteiger partial charge in [0.15, 0.2) is 5.82 Å². The number of nitrogens with one attached hydrogen (secondary N) is 1. The van der Waals surface area contributed by atoms with Crippen molar-refractivity contribution in [3.8, 4) is 0 Å². The van der Waals surface area contributed by atoms with Gasteiger partial charge in [0.2, 0.25) is 5.95 Å². The molecule has 5 rings (SSSR count). The molecular formula is C26H38N8O2. The fourth-order valence-electron chi connectivity index (χ4n) is 5.41. The topological polar surface area (TPSA) is 127 Å². The molecule has 36 heavy (non-hydrogen) atoms. The number of aliphatic hydroxyl groups excluding tert-OH is 1. The van der Waals surface area contributed by atoms with Crippen LogP contribution in [-0.2, 0) is 11.3 Å². The van der Waals surface area contributed by atoms with Gasteiger partial charge >= 0.3 is 0 Å². The number of likely N-dealkylation sites (tertiary alicyclic amines) is 1. The summed E-state index contributed by atoms with van der Waals surface area (Å²) in [6, 6.07) is 3.02. The van der Waals surface area contributed by atoms with Gasteiger partial charge in [-0.25, -0.2) is 4.98 Å². The van der Waals surface area contributed by atoms with Crippen LogP contribution in [0.25, 0.3) is 11.0 Å². The molecule has 0 spiro atoms. The van der Waals surface area contributed by atoms with Crippen LogP contribution in [0.1, 0.15) is 61.8 Å². The lowest BCUT2D eigenvalue weighted by atomic mass is 9.89. The lowest BCUT2D eigenvalue weighted by Gasteiger charge is -2.41. The van der Waals surface area contributed by atoms with E-state index in [0.717, 1.165) is 50.4 Å². The first kappa shape index (κ1) is 24.9. The summed E-state index contributed by atoms with van der Waals surface area (Å²) in [5.41, 5.74) is 11.0. The second-order valence-corrected chi connectivity index (χ2v) is 10.1. The quantitative estimate of drug-likeness (QED) is 0.390. The summed E-state index contributed by atoms with van der Waals surface area (Å²) in [5, 5.41) is 17.6. The average Bonchev–Trinajstić information content (AvgIpc) is 3.22. The number of hydrogen-bond donors (Lipinski definition) is 3. The second-order valence-electron chi connectivity index (χ2n) is 10.1. The molecular weight excluding hydrogens is 456 g/mol. The maximum Gasteiger partial charge on any atom is 0.222 e. The Kier molecular flexibility index (Phi) is 7.64. The minimum absolute atomic E-state index is 0.100. The standard InChI is InChI=1S/C26H38N8O2/c1-3-4-20(7-10-35)30-25-24-22(31-26(27)32-25)13-29-34(24)14-23-17(2)11-19(12-28-23)18-5-8-33(9-6-18)21-15-36-16-21/h11-13,18,20-21,35H,3-10,14-16H2,1-2H3,(H3,27,30,31,32). The smallest absolute Gasteiger partial charge is 0.222 e. The lowest BCUT2D eigenvalue weighted by molar-refractivity contribution is -0.0712. The fourth-order valence-corrected chi connectivity index (χ4v) is 5.41. The zero-order valence-corrected chi connectivity index (χ0v) is 21.4. The summed E-state index contributed by atoms with van der Waals surface area (Å²) < 4.78 is 7.26. The molecule has 5 heterocycles. The number of fused-ring (bicyclic) bond motifs is 1. The first-order valence-electron chi connectivity index (χ1n) is 13.2. The molecule has 0 aromatic carbocycles. The van der Waals surface area contributed by atoms with Gasteiger partial charge in [-0.15, -0.1) is 0 Å². The van der Waals surface area contributed by atoms with E-state index in [0.29, 0.717) is 36.3 Å². The Hall–Kier alpha value is -2.82. The molecule has 1 unspecified atom stereocenters. The highest BCUT2D eigenvalue weighted by Crippen LogP contribution is 2.31. The number of piperidine rings is 1. The monoisotopic (exact) mass is 494 g/mol. The van der Waals surface area contributed by atoms with Crippen molar-refractivity contribution >= 4 is 22.8 Å². The number of nitrogens with two attached hydrogens (primary N) is 1. The molecule has 2 saturated heterocycles. The summed E-state index contributed by atoms with van der Waals surface area (Å²) in [6.07, 6.45) is 8.68. The van der Waals surface area contributed by atoms with Gasteiger partial charge in [0, 0.05) is 18.8 Å². The van der Waals surface area contributed by atoms with Crippen LogP contribution in [0.15, 0.2) is 18.5 Å². The van der Waals surface area contributed by atoms with Gasteiger partial charge in [0.1, 0.15) is 11.0 Å². The molecule has 1 atom stereocenters. The molecule has 0 bridgehead atoms. The molecule has 2 fully saturated rings. The Labute approximate surface area is 212 Å². The first-order chi connectivity index (χ1) is 17.6. The highest BCUT2D eigenvalue weighted by atomic mass is 16.5. The van der Waals surface area contributed by atoms with Crippen LogP contribution in [0, 0.1) is 6.92 Å². The van der Waals surface area contributed by atoms with E-state index in [2.05, 4.69) is 45.2 Å². The van der Waals surface area contributed by atoms with Crippen LogP contribution >= 0.6 is 0 Å². The molecule has 3 aromatic heterocycles. The van der Waals surface area contributed by atoms with E-state index in [4.69, 9.17) is 15.5 Å². The maximum atomic E-state index is 9.49. The zero-order chi connectivity index (χ0) is 25.1. The number of nitrogen functional groups attached to an aromatic ring is 1. The molecule has 4 N–H and O–H groups in total. The molecule has 3 aromatic rings. The van der Waals surface area contributed by atoms with E-state index < -0.39 is 0 Å². The highest BCUT2D eigenvalue weighted by Gasteiger charge is 2.30. The maximum absolute atomic E-state index is 9.49. The van der Waals surface area contributed by atoms with Gasteiger partial charge in [-0.1, -0.05) is 19.4 Å². The molecule has 0 aliphatic carbocycles. The van der Waals surface area contributed by atoms with Gasteiger partial charge in [0.25, 0.3) is 0 Å².